The summed E-state index contributed by atoms with van der Waals surface area (Å²) in [5, 5.41) is 0. The van der Waals surface area contributed by atoms with E-state index in [-0.39, 0.29) is 0 Å². The van der Waals surface area contributed by atoms with E-state index in [1.807, 2.05) is 48.5 Å². The Labute approximate surface area is 182 Å². The molecule has 0 bridgehead atoms. The van der Waals surface area contributed by atoms with Crippen molar-refractivity contribution >= 4 is 106 Å². The largest absolute Gasteiger partial charge is 0.249 e. The molecule has 0 saturated heterocycles. The minimum absolute atomic E-state index is 0.623. The van der Waals surface area contributed by atoms with Gasteiger partial charge in [-0.2, -0.15) is 0 Å². The highest BCUT2D eigenvalue weighted by Crippen LogP contribution is 2.49. The third-order valence-corrected chi connectivity index (χ3v) is 6.86. The summed E-state index contributed by atoms with van der Waals surface area (Å²) >= 11 is 21.0. The molecule has 0 N–H and O–H groups in total. The second kappa shape index (κ2) is 7.79. The van der Waals surface area contributed by atoms with Crippen LogP contribution in [0.2, 0.25) is 0 Å². The maximum atomic E-state index is 13.2. The fourth-order valence-corrected chi connectivity index (χ4v) is 6.19. The molecule has 0 radical (unpaired) electrons. The summed E-state index contributed by atoms with van der Waals surface area (Å²) in [5.41, 5.74) is 1.71. The maximum Gasteiger partial charge on any atom is 0.161 e. The SMILES string of the molecule is O=S(c1ccccc1C(Br)(Br)Br)c1ccccc1C(Br)(Br)Br. The van der Waals surface area contributed by atoms with E-state index >= 15 is 0 Å². The first-order valence-corrected chi connectivity index (χ1v) is 11.8. The number of hydrogen-bond donors (Lipinski definition) is 0. The Morgan fingerprint density at radius 1 is 0.636 bits per heavy atom. The Kier molecular flexibility index (Phi) is 7.01. The summed E-state index contributed by atoms with van der Waals surface area (Å²) in [6.45, 7) is 0. The minimum Gasteiger partial charge on any atom is -0.249 e. The van der Waals surface area contributed by atoms with E-state index in [1.165, 1.54) is 0 Å². The van der Waals surface area contributed by atoms with Crippen LogP contribution in [0.15, 0.2) is 58.3 Å². The molecular formula is C14H8Br6OS. The van der Waals surface area contributed by atoms with Crippen LogP contribution in [0.1, 0.15) is 11.1 Å². The van der Waals surface area contributed by atoms with Gasteiger partial charge >= 0.3 is 0 Å². The average Bonchev–Trinajstić information content (AvgIpc) is 2.45. The van der Waals surface area contributed by atoms with Gasteiger partial charge in [0.25, 0.3) is 0 Å². The summed E-state index contributed by atoms with van der Waals surface area (Å²) in [5.74, 6) is 0. The molecule has 2 aromatic rings. The standard InChI is InChI=1S/C14H8Br6OS/c15-13(16,17)9-5-1-3-7-11(9)22(21)12-8-4-2-6-10(12)14(18,19)20/h1-8H. The molecule has 0 heterocycles. The summed E-state index contributed by atoms with van der Waals surface area (Å²) < 4.78 is 11.9. The molecule has 22 heavy (non-hydrogen) atoms. The van der Waals surface area contributed by atoms with Crippen LogP contribution in [0.4, 0.5) is 0 Å². The van der Waals surface area contributed by atoms with Crippen molar-refractivity contribution in [1.82, 2.24) is 0 Å². The van der Waals surface area contributed by atoms with Crippen LogP contribution in [0.3, 0.4) is 0 Å². The molecule has 2 aromatic carbocycles. The molecule has 8 heteroatoms. The summed E-state index contributed by atoms with van der Waals surface area (Å²) in [6.07, 6.45) is 0. The Balaban J connectivity index is 2.61. The van der Waals surface area contributed by atoms with Crippen LogP contribution in [0.5, 0.6) is 0 Å². The molecule has 0 fully saturated rings. The highest BCUT2D eigenvalue weighted by Gasteiger charge is 2.30. The molecule has 118 valence electrons. The summed E-state index contributed by atoms with van der Waals surface area (Å²) in [6, 6.07) is 15.1. The minimum atomic E-state index is -1.34. The van der Waals surface area contributed by atoms with Gasteiger partial charge in [0.2, 0.25) is 0 Å². The van der Waals surface area contributed by atoms with Crippen LogP contribution in [-0.2, 0) is 15.1 Å². The van der Waals surface area contributed by atoms with E-state index in [4.69, 9.17) is 0 Å². The molecule has 0 atom stereocenters. The molecule has 0 spiro atoms. The summed E-state index contributed by atoms with van der Waals surface area (Å²) in [7, 11) is -1.34. The van der Waals surface area contributed by atoms with E-state index in [1.54, 1.807) is 0 Å². The smallest absolute Gasteiger partial charge is 0.161 e. The Morgan fingerprint density at radius 3 is 1.27 bits per heavy atom. The van der Waals surface area contributed by atoms with Crippen LogP contribution >= 0.6 is 95.6 Å². The van der Waals surface area contributed by atoms with Crippen molar-refractivity contribution in [2.45, 2.75) is 14.1 Å². The van der Waals surface area contributed by atoms with Gasteiger partial charge in [0.1, 0.15) is 0 Å². The van der Waals surface area contributed by atoms with E-state index in [0.717, 1.165) is 20.9 Å². The lowest BCUT2D eigenvalue weighted by molar-refractivity contribution is 0.682. The second-order valence-electron chi connectivity index (χ2n) is 4.26. The lowest BCUT2D eigenvalue weighted by Gasteiger charge is -2.20. The molecule has 2 rings (SSSR count). The molecule has 0 aliphatic heterocycles. The first kappa shape index (κ1) is 19.8. The van der Waals surface area contributed by atoms with Crippen molar-refractivity contribution in [1.29, 1.82) is 0 Å². The zero-order valence-electron chi connectivity index (χ0n) is 10.7. The summed E-state index contributed by atoms with van der Waals surface area (Å²) in [4.78, 5) is 1.44. The quantitative estimate of drug-likeness (QED) is 0.298. The number of alkyl halides is 6. The Bertz CT molecular complexity index is 645. The number of hydrogen-bond acceptors (Lipinski definition) is 1. The topological polar surface area (TPSA) is 17.1 Å². The third-order valence-electron chi connectivity index (χ3n) is 2.78. The van der Waals surface area contributed by atoms with Gasteiger partial charge in [-0.1, -0.05) is 132 Å². The first-order valence-electron chi connectivity index (χ1n) is 5.86. The second-order valence-corrected chi connectivity index (χ2v) is 19.2. The third kappa shape index (κ3) is 4.76. The Hall–Kier alpha value is 1.47. The molecule has 0 amide bonds. The van der Waals surface area contributed by atoms with Gasteiger partial charge in [-0.05, 0) is 12.1 Å². The van der Waals surface area contributed by atoms with Gasteiger partial charge in [-0.25, -0.2) is 4.21 Å². The molecule has 0 saturated carbocycles. The average molecular weight is 704 g/mol. The van der Waals surface area contributed by atoms with Crippen LogP contribution < -0.4 is 0 Å². The van der Waals surface area contributed by atoms with E-state index in [9.17, 15) is 4.21 Å². The molecular weight excluding hydrogens is 696 g/mol. The number of benzene rings is 2. The van der Waals surface area contributed by atoms with Crippen LogP contribution in [0.25, 0.3) is 0 Å². The monoisotopic (exact) mass is 698 g/mol. The molecule has 0 aliphatic carbocycles. The lowest BCUT2D eigenvalue weighted by atomic mass is 10.2. The predicted molar refractivity (Wildman–Crippen MR) is 114 cm³/mol. The zero-order chi connectivity index (χ0) is 16.5. The fraction of sp³-hybridized carbons (Fsp3) is 0.143. The van der Waals surface area contributed by atoms with Gasteiger partial charge in [0.05, 0.1) is 20.6 Å². The van der Waals surface area contributed by atoms with Crippen molar-refractivity contribution in [3.8, 4) is 0 Å². The van der Waals surface area contributed by atoms with Crippen molar-refractivity contribution in [3.63, 3.8) is 0 Å². The van der Waals surface area contributed by atoms with E-state index in [0.29, 0.717) is 0 Å². The van der Waals surface area contributed by atoms with Gasteiger partial charge in [0.15, 0.2) is 4.29 Å². The Morgan fingerprint density at radius 2 is 0.955 bits per heavy atom. The van der Waals surface area contributed by atoms with E-state index < -0.39 is 15.1 Å². The molecule has 0 unspecified atom stereocenters. The highest BCUT2D eigenvalue weighted by atomic mass is 80.0. The molecule has 1 nitrogen and oxygen atoms in total. The highest BCUT2D eigenvalue weighted by molar-refractivity contribution is 9.39. The van der Waals surface area contributed by atoms with Crippen molar-refractivity contribution in [3.05, 3.63) is 59.7 Å². The first-order chi connectivity index (χ1) is 10.1. The zero-order valence-corrected chi connectivity index (χ0v) is 21.0. The molecule has 0 aromatic heterocycles. The number of rotatable bonds is 2. The van der Waals surface area contributed by atoms with Crippen molar-refractivity contribution in [2.75, 3.05) is 0 Å². The normalized spacial score (nSPS) is 12.7. The van der Waals surface area contributed by atoms with Crippen molar-refractivity contribution < 1.29 is 4.21 Å². The molecule has 0 aliphatic rings. The van der Waals surface area contributed by atoms with Crippen LogP contribution in [-0.4, -0.2) is 4.21 Å². The van der Waals surface area contributed by atoms with Crippen LogP contribution in [0, 0.1) is 0 Å². The van der Waals surface area contributed by atoms with Gasteiger partial charge in [-0.3, -0.25) is 0 Å². The van der Waals surface area contributed by atoms with Crippen molar-refractivity contribution in [2.24, 2.45) is 0 Å². The maximum absolute atomic E-state index is 13.2. The fourth-order valence-electron chi connectivity index (χ4n) is 1.84. The predicted octanol–water partition coefficient (Wildman–Crippen LogP) is 7.44. The number of halogens is 6. The van der Waals surface area contributed by atoms with Gasteiger partial charge in [0, 0.05) is 11.1 Å². The van der Waals surface area contributed by atoms with Gasteiger partial charge < -0.3 is 0 Å². The van der Waals surface area contributed by atoms with E-state index in [2.05, 4.69) is 95.6 Å². The van der Waals surface area contributed by atoms with Gasteiger partial charge in [-0.15, -0.1) is 0 Å². The lowest BCUT2D eigenvalue weighted by Crippen LogP contribution is -2.09.